The summed E-state index contributed by atoms with van der Waals surface area (Å²) in [6, 6.07) is 2.15. The van der Waals surface area contributed by atoms with Crippen LogP contribution in [-0.2, 0) is 6.54 Å². The molecule has 0 aromatic carbocycles. The van der Waals surface area contributed by atoms with Crippen LogP contribution in [-0.4, -0.2) is 16.5 Å². The van der Waals surface area contributed by atoms with Gasteiger partial charge in [0.2, 0.25) is 0 Å². The summed E-state index contributed by atoms with van der Waals surface area (Å²) in [5.74, 6) is 0.864. The number of aromatic nitrogens is 2. The lowest BCUT2D eigenvalue weighted by Crippen LogP contribution is -2.18. The van der Waals surface area contributed by atoms with Crippen molar-refractivity contribution in [3.05, 3.63) is 41.2 Å². The molecule has 0 saturated heterocycles. The van der Waals surface area contributed by atoms with E-state index >= 15 is 0 Å². The van der Waals surface area contributed by atoms with E-state index in [9.17, 15) is 0 Å². The smallest absolute Gasteiger partial charge is 0.126 e. The third-order valence-electron chi connectivity index (χ3n) is 2.63. The van der Waals surface area contributed by atoms with Gasteiger partial charge in [-0.15, -0.1) is 0 Å². The summed E-state index contributed by atoms with van der Waals surface area (Å²) in [5, 5.41) is 5.48. The van der Waals surface area contributed by atoms with Crippen LogP contribution < -0.4 is 10.1 Å². The predicted octanol–water partition coefficient (Wildman–Crippen LogP) is 2.40. The van der Waals surface area contributed by atoms with Gasteiger partial charge in [-0.2, -0.15) is 0 Å². The number of pyridine rings is 1. The molecule has 5 heteroatoms. The lowest BCUT2D eigenvalue weighted by atomic mass is 10.2. The van der Waals surface area contributed by atoms with Crippen molar-refractivity contribution in [2.45, 2.75) is 19.5 Å². The molecule has 17 heavy (non-hydrogen) atoms. The molecule has 90 valence electrons. The molecule has 0 spiro atoms. The molecule has 1 unspecified atom stereocenters. The third-order valence-corrected chi connectivity index (χ3v) is 3.23. The van der Waals surface area contributed by atoms with E-state index in [2.05, 4.69) is 27.0 Å². The lowest BCUT2D eigenvalue weighted by molar-refractivity contribution is 0.405. The van der Waals surface area contributed by atoms with Crippen LogP contribution >= 0.6 is 11.5 Å². The van der Waals surface area contributed by atoms with E-state index in [4.69, 9.17) is 4.74 Å². The van der Waals surface area contributed by atoms with E-state index in [0.29, 0.717) is 0 Å². The van der Waals surface area contributed by atoms with Crippen molar-refractivity contribution in [3.8, 4) is 5.75 Å². The van der Waals surface area contributed by atoms with Crippen LogP contribution in [0.3, 0.4) is 0 Å². The Morgan fingerprint density at radius 3 is 3.06 bits per heavy atom. The minimum Gasteiger partial charge on any atom is -0.496 e. The largest absolute Gasteiger partial charge is 0.496 e. The normalized spacial score (nSPS) is 12.4. The van der Waals surface area contributed by atoms with Crippen molar-refractivity contribution in [3.63, 3.8) is 0 Å². The van der Waals surface area contributed by atoms with Gasteiger partial charge in [-0.25, -0.2) is 4.37 Å². The molecule has 0 fully saturated rings. The van der Waals surface area contributed by atoms with Gasteiger partial charge >= 0.3 is 0 Å². The number of rotatable bonds is 5. The second kappa shape index (κ2) is 5.75. The SMILES string of the molecule is COc1ccncc1CNC(C)c1cnsc1. The molecule has 0 saturated carbocycles. The second-order valence-electron chi connectivity index (χ2n) is 3.75. The highest BCUT2D eigenvalue weighted by molar-refractivity contribution is 7.03. The van der Waals surface area contributed by atoms with Crippen molar-refractivity contribution < 1.29 is 4.74 Å². The Kier molecular flexibility index (Phi) is 4.06. The Labute approximate surface area is 105 Å². The van der Waals surface area contributed by atoms with Gasteiger partial charge in [-0.05, 0) is 30.1 Å². The van der Waals surface area contributed by atoms with Crippen LogP contribution in [0.1, 0.15) is 24.1 Å². The third kappa shape index (κ3) is 3.01. The molecular weight excluding hydrogens is 234 g/mol. The first kappa shape index (κ1) is 12.0. The van der Waals surface area contributed by atoms with Crippen LogP contribution in [0, 0.1) is 0 Å². The summed E-state index contributed by atoms with van der Waals surface area (Å²) in [6.45, 7) is 2.85. The van der Waals surface area contributed by atoms with Crippen LogP contribution in [0.5, 0.6) is 5.75 Å². The summed E-state index contributed by atoms with van der Waals surface area (Å²) in [4.78, 5) is 4.10. The number of hydrogen-bond donors (Lipinski definition) is 1. The Morgan fingerprint density at radius 2 is 2.35 bits per heavy atom. The molecule has 0 bridgehead atoms. The average molecular weight is 249 g/mol. The van der Waals surface area contributed by atoms with Crippen LogP contribution in [0.15, 0.2) is 30.0 Å². The number of hydrogen-bond acceptors (Lipinski definition) is 5. The van der Waals surface area contributed by atoms with E-state index < -0.39 is 0 Å². The zero-order chi connectivity index (χ0) is 12.1. The highest BCUT2D eigenvalue weighted by Crippen LogP contribution is 2.18. The molecule has 0 amide bonds. The van der Waals surface area contributed by atoms with Crippen LogP contribution in [0.25, 0.3) is 0 Å². The maximum absolute atomic E-state index is 5.28. The topological polar surface area (TPSA) is 47.0 Å². The molecule has 2 aromatic rings. The van der Waals surface area contributed by atoms with Gasteiger partial charge in [0.1, 0.15) is 5.75 Å². The maximum atomic E-state index is 5.28. The van der Waals surface area contributed by atoms with Gasteiger partial charge in [-0.1, -0.05) is 0 Å². The number of methoxy groups -OCH3 is 1. The molecule has 0 aliphatic rings. The van der Waals surface area contributed by atoms with Crippen LogP contribution in [0.4, 0.5) is 0 Å². The minimum absolute atomic E-state index is 0.277. The van der Waals surface area contributed by atoms with Gasteiger partial charge in [0.15, 0.2) is 0 Å². The van der Waals surface area contributed by atoms with Crippen molar-refractivity contribution >= 4 is 11.5 Å². The Bertz CT molecular complexity index is 459. The number of nitrogens with one attached hydrogen (secondary N) is 1. The zero-order valence-corrected chi connectivity index (χ0v) is 10.7. The first-order valence-corrected chi connectivity index (χ1v) is 6.24. The van der Waals surface area contributed by atoms with E-state index in [0.717, 1.165) is 17.9 Å². The van der Waals surface area contributed by atoms with Crippen LogP contribution in [0.2, 0.25) is 0 Å². The lowest BCUT2D eigenvalue weighted by Gasteiger charge is -2.13. The Balaban J connectivity index is 1.98. The summed E-state index contributed by atoms with van der Waals surface area (Å²) < 4.78 is 9.37. The van der Waals surface area contributed by atoms with Gasteiger partial charge in [-0.3, -0.25) is 4.98 Å². The fourth-order valence-corrected chi connectivity index (χ4v) is 2.18. The van der Waals surface area contributed by atoms with Gasteiger partial charge in [0, 0.05) is 42.1 Å². The number of nitrogens with zero attached hydrogens (tertiary/aromatic N) is 2. The van der Waals surface area contributed by atoms with Gasteiger partial charge in [0.25, 0.3) is 0 Å². The molecule has 2 rings (SSSR count). The maximum Gasteiger partial charge on any atom is 0.126 e. The second-order valence-corrected chi connectivity index (χ2v) is 4.41. The van der Waals surface area contributed by atoms with Crippen molar-refractivity contribution in [1.82, 2.24) is 14.7 Å². The zero-order valence-electron chi connectivity index (χ0n) is 9.88. The summed E-state index contributed by atoms with van der Waals surface area (Å²) in [5.41, 5.74) is 2.27. The molecule has 2 heterocycles. The minimum atomic E-state index is 0.277. The number of ether oxygens (including phenoxy) is 1. The summed E-state index contributed by atoms with van der Waals surface area (Å²) >= 11 is 1.47. The molecule has 1 N–H and O–H groups in total. The van der Waals surface area contributed by atoms with Gasteiger partial charge in [0.05, 0.1) is 7.11 Å². The molecule has 0 aliphatic heterocycles. The first-order chi connectivity index (χ1) is 8.31. The van der Waals surface area contributed by atoms with E-state index in [1.165, 1.54) is 17.1 Å². The molecule has 2 aromatic heterocycles. The van der Waals surface area contributed by atoms with E-state index in [1.807, 2.05) is 18.5 Å². The fourth-order valence-electron chi connectivity index (χ4n) is 1.55. The summed E-state index contributed by atoms with van der Waals surface area (Å²) in [6.07, 6.45) is 5.45. The summed E-state index contributed by atoms with van der Waals surface area (Å²) in [7, 11) is 1.67. The molecule has 0 radical (unpaired) electrons. The van der Waals surface area contributed by atoms with E-state index in [1.54, 1.807) is 13.3 Å². The van der Waals surface area contributed by atoms with Crippen molar-refractivity contribution in [2.24, 2.45) is 0 Å². The molecule has 4 nitrogen and oxygen atoms in total. The first-order valence-electron chi connectivity index (χ1n) is 5.41. The van der Waals surface area contributed by atoms with Gasteiger partial charge < -0.3 is 10.1 Å². The predicted molar refractivity (Wildman–Crippen MR) is 68.2 cm³/mol. The average Bonchev–Trinajstić information content (AvgIpc) is 2.90. The fraction of sp³-hybridized carbons (Fsp3) is 0.333. The molecule has 0 aliphatic carbocycles. The molecule has 1 atom stereocenters. The highest BCUT2D eigenvalue weighted by Gasteiger charge is 2.08. The standard InChI is InChI=1S/C12H15N3OS/c1-9(11-7-15-17-8-11)14-6-10-5-13-4-3-12(10)16-2/h3-5,7-9,14H,6H2,1-2H3. The van der Waals surface area contributed by atoms with E-state index in [-0.39, 0.29) is 6.04 Å². The quantitative estimate of drug-likeness (QED) is 0.884. The Morgan fingerprint density at radius 1 is 1.47 bits per heavy atom. The Hall–Kier alpha value is -1.46. The highest BCUT2D eigenvalue weighted by atomic mass is 32.1. The molecular formula is C12H15N3OS. The monoisotopic (exact) mass is 249 g/mol. The van der Waals surface area contributed by atoms with Crippen molar-refractivity contribution in [2.75, 3.05) is 7.11 Å². The van der Waals surface area contributed by atoms with Crippen molar-refractivity contribution in [1.29, 1.82) is 0 Å².